The van der Waals surface area contributed by atoms with E-state index >= 15 is 0 Å². The Morgan fingerprint density at radius 2 is 1.50 bits per heavy atom. The van der Waals surface area contributed by atoms with Crippen molar-refractivity contribution in [1.29, 1.82) is 0 Å². The number of hydrogen-bond acceptors (Lipinski definition) is 10. The van der Waals surface area contributed by atoms with Gasteiger partial charge in [0.2, 0.25) is 11.6 Å². The molecule has 192 valence electrons. The molecule has 1 unspecified atom stereocenters. The number of carbonyl (C=O) groups is 2. The number of hydrogen-bond donors (Lipinski definition) is 5. The lowest BCUT2D eigenvalue weighted by atomic mass is 9.88. The minimum Gasteiger partial charge on any atom is -0.505 e. The van der Waals surface area contributed by atoms with E-state index in [0.717, 1.165) is 11.9 Å². The lowest BCUT2D eigenvalue weighted by Gasteiger charge is -2.30. The molecule has 34 heavy (non-hydrogen) atoms. The number of carbonyl (C=O) groups excluding carboxylic acids is 2. The third-order valence-electron chi connectivity index (χ3n) is 4.28. The predicted molar refractivity (Wildman–Crippen MR) is 128 cm³/mol. The molecule has 1 saturated heterocycles. The minimum atomic E-state index is -0.854. The highest BCUT2D eigenvalue weighted by molar-refractivity contribution is 8.12. The quantitative estimate of drug-likeness (QED) is 0.257. The van der Waals surface area contributed by atoms with Gasteiger partial charge in [0, 0.05) is 16.4 Å². The van der Waals surface area contributed by atoms with Gasteiger partial charge in [0.05, 0.1) is 11.9 Å². The molecule has 1 atom stereocenters. The van der Waals surface area contributed by atoms with Gasteiger partial charge in [-0.05, 0) is 20.8 Å². The topological polar surface area (TPSA) is 165 Å². The van der Waals surface area contributed by atoms with Gasteiger partial charge in [-0.25, -0.2) is 9.59 Å². The summed E-state index contributed by atoms with van der Waals surface area (Å²) in [5, 5.41) is 29.9. The van der Waals surface area contributed by atoms with Crippen LogP contribution in [0.25, 0.3) is 0 Å². The molecule has 1 fully saturated rings. The normalized spacial score (nSPS) is 18.7. The number of aromatic nitrogens is 1. The lowest BCUT2D eigenvalue weighted by Crippen LogP contribution is -2.34. The monoisotopic (exact) mass is 501 g/mol. The van der Waals surface area contributed by atoms with E-state index in [9.17, 15) is 19.5 Å². The summed E-state index contributed by atoms with van der Waals surface area (Å²) in [7, 11) is 0. The van der Waals surface area contributed by atoms with Crippen LogP contribution in [0.1, 0.15) is 68.1 Å². The molecule has 1 amide bonds. The Balaban J connectivity index is 0.000000255. The third kappa shape index (κ3) is 7.51. The summed E-state index contributed by atoms with van der Waals surface area (Å²) in [6.45, 7) is 20.8. The Hall–Kier alpha value is -3.02. The number of aliphatic hydroxyl groups is 2. The van der Waals surface area contributed by atoms with Crippen LogP contribution in [-0.2, 0) is 14.9 Å². The highest BCUT2D eigenvalue weighted by atomic mass is 32.2. The van der Waals surface area contributed by atoms with Crippen LogP contribution in [0.2, 0.25) is 0 Å². The second-order valence-electron chi connectivity index (χ2n) is 10.7. The smallest absolute Gasteiger partial charge is 0.419 e. The molecular formula is C22H35N3O8S. The van der Waals surface area contributed by atoms with Crippen molar-refractivity contribution in [3.63, 3.8) is 0 Å². The first-order valence-electron chi connectivity index (χ1n) is 10.4. The molecular weight excluding hydrogens is 466 g/mol. The van der Waals surface area contributed by atoms with Crippen LogP contribution in [0.4, 0.5) is 4.79 Å². The zero-order chi connectivity index (χ0) is 26.8. The number of amides is 1. The van der Waals surface area contributed by atoms with Crippen LogP contribution in [0.3, 0.4) is 0 Å². The number of aromatic amines is 1. The molecule has 0 aliphatic carbocycles. The molecule has 1 aromatic rings. The van der Waals surface area contributed by atoms with Crippen LogP contribution >= 0.6 is 11.9 Å². The number of ether oxygens (including phenoxy) is 1. The fourth-order valence-electron chi connectivity index (χ4n) is 2.73. The van der Waals surface area contributed by atoms with E-state index in [1.165, 1.54) is 0 Å². The summed E-state index contributed by atoms with van der Waals surface area (Å²) in [6, 6.07) is 0. The molecule has 3 heterocycles. The number of aromatic hydroxyl groups is 1. The number of nitrogens with zero attached hydrogens (tertiary/aromatic N) is 1. The van der Waals surface area contributed by atoms with Crippen molar-refractivity contribution >= 4 is 23.2 Å². The van der Waals surface area contributed by atoms with E-state index < -0.39 is 29.0 Å². The number of rotatable bonds is 0. The molecule has 2 aliphatic rings. The Morgan fingerprint density at radius 3 is 1.68 bits per heavy atom. The van der Waals surface area contributed by atoms with Crippen molar-refractivity contribution in [3.05, 3.63) is 40.2 Å². The number of H-pyrrole nitrogens is 1. The van der Waals surface area contributed by atoms with E-state index in [2.05, 4.69) is 16.9 Å². The van der Waals surface area contributed by atoms with Gasteiger partial charge in [-0.1, -0.05) is 48.1 Å². The maximum absolute atomic E-state index is 10.9. The zero-order valence-corrected chi connectivity index (χ0v) is 21.8. The summed E-state index contributed by atoms with van der Waals surface area (Å²) in [5.74, 6) is -1.72. The summed E-state index contributed by atoms with van der Waals surface area (Å²) in [6.07, 6.45) is -0.731. The molecule has 0 radical (unpaired) electrons. The molecule has 0 aromatic carbocycles. The van der Waals surface area contributed by atoms with Gasteiger partial charge in [-0.2, -0.15) is 0 Å². The second-order valence-corrected chi connectivity index (χ2v) is 11.7. The van der Waals surface area contributed by atoms with E-state index in [1.807, 2.05) is 45.8 Å². The molecule has 0 saturated carbocycles. The number of aliphatic hydroxyl groups excluding tert-OH is 2. The van der Waals surface area contributed by atoms with Crippen LogP contribution in [-0.4, -0.2) is 47.5 Å². The van der Waals surface area contributed by atoms with E-state index in [-0.39, 0.29) is 27.8 Å². The number of cyclic esters (lactones) is 1. The standard InChI is InChI=1S/C8H12O4.C7H12N2OS.C7H11NO3/c1-8(2,3)6-4(9)5(10)7(11)12-6;1-5-8-6(10)11-9(5)7(2,3)4;1-7(2,3)4-5(9)8-6(10)11-4/h6,9-10H,1-3H3;1H2,2-4H3,(H,8,10);9H,1-3H3,(H,8,10). The Morgan fingerprint density at radius 1 is 0.971 bits per heavy atom. The molecule has 5 N–H and O–H groups in total. The molecule has 12 heteroatoms. The Labute approximate surface area is 203 Å². The average Bonchev–Trinajstić information content (AvgIpc) is 3.25. The van der Waals surface area contributed by atoms with Crippen molar-refractivity contribution in [2.24, 2.45) is 5.41 Å². The van der Waals surface area contributed by atoms with Gasteiger partial charge in [0.25, 0.3) is 0 Å². The molecule has 11 nitrogen and oxygen atoms in total. The van der Waals surface area contributed by atoms with E-state index in [0.29, 0.717) is 11.6 Å². The van der Waals surface area contributed by atoms with E-state index in [4.69, 9.17) is 19.4 Å². The van der Waals surface area contributed by atoms with E-state index in [1.54, 1.807) is 20.8 Å². The van der Waals surface area contributed by atoms with Gasteiger partial charge in [0.15, 0.2) is 17.6 Å². The summed E-state index contributed by atoms with van der Waals surface area (Å²) < 4.78 is 11.3. The Bertz CT molecular complexity index is 1020. The molecule has 3 rings (SSSR count). The SMILES string of the molecule is C=C1NC(=O)SN1C(C)(C)C.CC(C)(C)C1OC(=O)C(O)=C1O.CC(C)(C)c1oc(=O)[nH]c1O. The minimum absolute atomic E-state index is 0.0510. The zero-order valence-electron chi connectivity index (χ0n) is 21.0. The van der Waals surface area contributed by atoms with Crippen LogP contribution in [0, 0.1) is 5.41 Å². The summed E-state index contributed by atoms with van der Waals surface area (Å²) in [5.41, 5.74) is -0.797. The van der Waals surface area contributed by atoms with Crippen LogP contribution in [0.5, 0.6) is 5.88 Å². The average molecular weight is 502 g/mol. The lowest BCUT2D eigenvalue weighted by molar-refractivity contribution is -0.146. The molecule has 2 aliphatic heterocycles. The first-order chi connectivity index (χ1) is 15.2. The summed E-state index contributed by atoms with van der Waals surface area (Å²) >= 11 is 1.16. The number of esters is 1. The maximum atomic E-state index is 10.9. The van der Waals surface area contributed by atoms with Gasteiger partial charge in [0.1, 0.15) is 5.82 Å². The fourth-order valence-corrected chi connectivity index (χ4v) is 3.49. The first-order valence-corrected chi connectivity index (χ1v) is 11.2. The highest BCUT2D eigenvalue weighted by Crippen LogP contribution is 2.33. The van der Waals surface area contributed by atoms with Crippen molar-refractivity contribution in [3.8, 4) is 5.88 Å². The maximum Gasteiger partial charge on any atom is 0.419 e. The summed E-state index contributed by atoms with van der Waals surface area (Å²) in [4.78, 5) is 34.3. The van der Waals surface area contributed by atoms with Gasteiger partial charge in [-0.15, -0.1) is 0 Å². The second kappa shape index (κ2) is 10.1. The molecule has 0 spiro atoms. The highest BCUT2D eigenvalue weighted by Gasteiger charge is 2.41. The van der Waals surface area contributed by atoms with Gasteiger partial charge in [-0.3, -0.25) is 14.1 Å². The van der Waals surface area contributed by atoms with Crippen LogP contribution < -0.4 is 11.1 Å². The van der Waals surface area contributed by atoms with Crippen molar-refractivity contribution < 1.29 is 34.1 Å². The number of nitrogens with one attached hydrogen (secondary N) is 2. The molecule has 1 aromatic heterocycles. The van der Waals surface area contributed by atoms with Crippen molar-refractivity contribution in [2.45, 2.75) is 79.4 Å². The van der Waals surface area contributed by atoms with Crippen LogP contribution in [0.15, 0.2) is 33.1 Å². The van der Waals surface area contributed by atoms with Crippen molar-refractivity contribution in [2.75, 3.05) is 0 Å². The largest absolute Gasteiger partial charge is 0.505 e. The van der Waals surface area contributed by atoms with Gasteiger partial charge >= 0.3 is 17.0 Å². The van der Waals surface area contributed by atoms with Gasteiger partial charge < -0.3 is 29.8 Å². The van der Waals surface area contributed by atoms with Crippen molar-refractivity contribution in [1.82, 2.24) is 14.6 Å². The first kappa shape index (κ1) is 29.0. The number of oxazole rings is 1. The predicted octanol–water partition coefficient (Wildman–Crippen LogP) is 4.19. The third-order valence-corrected chi connectivity index (χ3v) is 5.50. The fraction of sp³-hybridized carbons (Fsp3) is 0.591. The Kier molecular flexibility index (Phi) is 8.60. The molecule has 0 bridgehead atoms.